The lowest BCUT2D eigenvalue weighted by atomic mass is 10.1. The molecule has 0 bridgehead atoms. The summed E-state index contributed by atoms with van der Waals surface area (Å²) in [5, 5.41) is 30.6. The second-order valence-corrected chi connectivity index (χ2v) is 13.9. The molecule has 0 radical (unpaired) electrons. The van der Waals surface area contributed by atoms with Crippen LogP contribution in [0.5, 0.6) is 0 Å². The Morgan fingerprint density at radius 3 is 1.63 bits per heavy atom. The summed E-state index contributed by atoms with van der Waals surface area (Å²) in [5.74, 6) is -0.860. The summed E-state index contributed by atoms with van der Waals surface area (Å²) in [6.45, 7) is 0.760. The van der Waals surface area contributed by atoms with Gasteiger partial charge in [0.15, 0.2) is 18.0 Å². The van der Waals surface area contributed by atoms with Crippen molar-refractivity contribution in [3.63, 3.8) is 0 Å². The van der Waals surface area contributed by atoms with Crippen molar-refractivity contribution in [1.82, 2.24) is 24.8 Å². The normalized spacial score (nSPS) is 18.4. The number of aliphatic hydroxyl groups is 2. The zero-order valence-corrected chi connectivity index (χ0v) is 28.7. The second kappa shape index (κ2) is 14.9. The molecule has 262 valence electrons. The van der Waals surface area contributed by atoms with Gasteiger partial charge in [-0.25, -0.2) is 15.0 Å². The summed E-state index contributed by atoms with van der Waals surface area (Å²) in [6.07, 6.45) is 4.13. The van der Waals surface area contributed by atoms with Crippen molar-refractivity contribution in [2.24, 2.45) is 0 Å². The molecule has 7 rings (SSSR count). The zero-order valence-electron chi connectivity index (χ0n) is 27.0. The molecule has 2 aliphatic rings. The highest BCUT2D eigenvalue weighted by Gasteiger charge is 2.39. The minimum Gasteiger partial charge on any atom is -0.436 e. The van der Waals surface area contributed by atoms with Gasteiger partial charge in [0, 0.05) is 58.7 Å². The van der Waals surface area contributed by atoms with E-state index in [1.807, 2.05) is 0 Å². The smallest absolute Gasteiger partial charge is 0.259 e. The number of thiazole rings is 2. The van der Waals surface area contributed by atoms with Crippen LogP contribution in [0.1, 0.15) is 47.9 Å². The van der Waals surface area contributed by atoms with E-state index in [1.54, 1.807) is 65.5 Å². The first-order valence-electron chi connectivity index (χ1n) is 16.3. The number of nitrogens with one attached hydrogen (secondary N) is 2. The van der Waals surface area contributed by atoms with E-state index in [4.69, 9.17) is 4.42 Å². The van der Waals surface area contributed by atoms with Crippen LogP contribution in [0.15, 0.2) is 82.3 Å². The standard InChI is InChI=1S/C35H33N7O7S2/c43-27(32-36-13-17-50-32)34(47)41-15-1-3-24(41)29(45)39-22-9-5-20(6-10-22)26-19-38-31(49-26)21-7-11-23(12-8-21)40-30(46)25-4-2-16-42(25)35(48)28(44)33-37-14-18-51-33/h5-14,17-19,24-25,27-28,43-44H,1-4,15-16H2,(H,39,45)(H,40,46)/t24?,25-,27?,28+/m0/s1. The highest BCUT2D eigenvalue weighted by Crippen LogP contribution is 2.30. The fourth-order valence-electron chi connectivity index (χ4n) is 6.28. The van der Waals surface area contributed by atoms with E-state index in [0.29, 0.717) is 77.4 Å². The first-order valence-corrected chi connectivity index (χ1v) is 18.1. The Hall–Kier alpha value is -5.29. The minimum absolute atomic E-state index is 0.296. The number of nitrogens with zero attached hydrogens (tertiary/aromatic N) is 5. The molecule has 0 aliphatic carbocycles. The fraction of sp³-hybridized carbons (Fsp3) is 0.286. The van der Waals surface area contributed by atoms with Crippen LogP contribution in [0.2, 0.25) is 0 Å². The molecule has 2 aromatic carbocycles. The number of hydrogen-bond donors (Lipinski definition) is 4. The summed E-state index contributed by atoms with van der Waals surface area (Å²) in [6, 6.07) is 12.6. The Morgan fingerprint density at radius 1 is 0.706 bits per heavy atom. The summed E-state index contributed by atoms with van der Waals surface area (Å²) < 4.78 is 6.02. The van der Waals surface area contributed by atoms with E-state index in [9.17, 15) is 29.4 Å². The van der Waals surface area contributed by atoms with Gasteiger partial charge in [0.2, 0.25) is 17.7 Å². The Kier molecular flexibility index (Phi) is 9.99. The molecule has 51 heavy (non-hydrogen) atoms. The molecule has 2 unspecified atom stereocenters. The third-order valence-electron chi connectivity index (χ3n) is 8.86. The lowest BCUT2D eigenvalue weighted by Gasteiger charge is -2.25. The molecule has 16 heteroatoms. The number of anilines is 2. The molecular weight excluding hydrogens is 695 g/mol. The van der Waals surface area contributed by atoms with Crippen LogP contribution >= 0.6 is 22.7 Å². The lowest BCUT2D eigenvalue weighted by Crippen LogP contribution is -2.45. The quantitative estimate of drug-likeness (QED) is 0.162. The van der Waals surface area contributed by atoms with Crippen molar-refractivity contribution >= 4 is 57.7 Å². The van der Waals surface area contributed by atoms with E-state index in [-0.39, 0.29) is 11.8 Å². The summed E-state index contributed by atoms with van der Waals surface area (Å²) in [4.78, 5) is 67.4. The SMILES string of the molecule is O=C(Nc1ccc(-c2cnc(-c3ccc(NC(=O)[C@@H]4CCCN4C(=O)[C@H](O)c4nccs4)cc3)o2)cc1)C1CCCN1C(=O)C(O)c1nccs1. The van der Waals surface area contributed by atoms with Gasteiger partial charge in [-0.15, -0.1) is 22.7 Å². The van der Waals surface area contributed by atoms with Gasteiger partial charge >= 0.3 is 0 Å². The van der Waals surface area contributed by atoms with Gasteiger partial charge in [-0.3, -0.25) is 19.2 Å². The lowest BCUT2D eigenvalue weighted by molar-refractivity contribution is -0.144. The first kappa shape index (κ1) is 34.2. The Bertz CT molecular complexity index is 1860. The monoisotopic (exact) mass is 727 g/mol. The number of carbonyl (C=O) groups is 4. The number of hydrogen-bond acceptors (Lipinski definition) is 12. The van der Waals surface area contributed by atoms with Crippen LogP contribution in [-0.2, 0) is 19.2 Å². The van der Waals surface area contributed by atoms with E-state index >= 15 is 0 Å². The molecule has 0 spiro atoms. The molecule has 14 nitrogen and oxygen atoms in total. The number of amides is 4. The summed E-state index contributed by atoms with van der Waals surface area (Å²) >= 11 is 2.37. The van der Waals surface area contributed by atoms with Crippen molar-refractivity contribution in [2.75, 3.05) is 23.7 Å². The molecule has 5 heterocycles. The minimum atomic E-state index is -1.40. The third kappa shape index (κ3) is 7.30. The molecule has 2 saturated heterocycles. The largest absolute Gasteiger partial charge is 0.436 e. The molecule has 4 amide bonds. The van der Waals surface area contributed by atoms with Crippen LogP contribution in [0.3, 0.4) is 0 Å². The van der Waals surface area contributed by atoms with E-state index in [0.717, 1.165) is 5.56 Å². The fourth-order valence-corrected chi connectivity index (χ4v) is 7.50. The number of carbonyl (C=O) groups excluding carboxylic acids is 4. The predicted octanol–water partition coefficient (Wildman–Crippen LogP) is 4.25. The molecule has 4 N–H and O–H groups in total. The van der Waals surface area contributed by atoms with Crippen LogP contribution in [-0.4, -0.2) is 83.8 Å². The van der Waals surface area contributed by atoms with Crippen molar-refractivity contribution in [3.8, 4) is 22.8 Å². The maximum Gasteiger partial charge on any atom is 0.259 e. The molecular formula is C35H33N7O7S2. The van der Waals surface area contributed by atoms with Gasteiger partial charge in [-0.2, -0.15) is 0 Å². The predicted molar refractivity (Wildman–Crippen MR) is 188 cm³/mol. The maximum atomic E-state index is 13.1. The van der Waals surface area contributed by atoms with Crippen molar-refractivity contribution in [2.45, 2.75) is 50.0 Å². The van der Waals surface area contributed by atoms with Crippen molar-refractivity contribution < 1.29 is 33.8 Å². The number of oxazole rings is 1. The van der Waals surface area contributed by atoms with Crippen LogP contribution in [0.25, 0.3) is 22.8 Å². The number of aromatic nitrogens is 3. The van der Waals surface area contributed by atoms with Crippen molar-refractivity contribution in [1.29, 1.82) is 0 Å². The second-order valence-electron chi connectivity index (χ2n) is 12.1. The topological polar surface area (TPSA) is 191 Å². The molecule has 2 aliphatic heterocycles. The molecule has 3 aromatic heterocycles. The Morgan fingerprint density at radius 2 is 1.18 bits per heavy atom. The van der Waals surface area contributed by atoms with Gasteiger partial charge in [0.05, 0.1) is 6.20 Å². The number of rotatable bonds is 10. The Balaban J connectivity index is 0.940. The van der Waals surface area contributed by atoms with Crippen LogP contribution < -0.4 is 10.6 Å². The number of likely N-dealkylation sites (tertiary alicyclic amines) is 2. The first-order chi connectivity index (χ1) is 24.8. The van der Waals surface area contributed by atoms with Crippen LogP contribution in [0.4, 0.5) is 11.4 Å². The highest BCUT2D eigenvalue weighted by atomic mass is 32.1. The Labute approximate surface area is 299 Å². The summed E-state index contributed by atoms with van der Waals surface area (Å²) in [7, 11) is 0. The van der Waals surface area contributed by atoms with Gasteiger partial charge in [-0.05, 0) is 74.2 Å². The van der Waals surface area contributed by atoms with Crippen molar-refractivity contribution in [3.05, 3.63) is 87.9 Å². The van der Waals surface area contributed by atoms with Gasteiger partial charge in [0.1, 0.15) is 22.1 Å². The molecule has 0 saturated carbocycles. The van der Waals surface area contributed by atoms with E-state index in [1.165, 1.54) is 44.9 Å². The maximum absolute atomic E-state index is 13.1. The highest BCUT2D eigenvalue weighted by molar-refractivity contribution is 7.10. The molecule has 4 atom stereocenters. The van der Waals surface area contributed by atoms with Gasteiger partial charge in [-0.1, -0.05) is 0 Å². The average Bonchev–Trinajstić information content (AvgIpc) is 4.00. The molecule has 2 fully saturated rings. The van der Waals surface area contributed by atoms with Gasteiger partial charge < -0.3 is 35.1 Å². The molecule has 5 aromatic rings. The number of benzene rings is 2. The van der Waals surface area contributed by atoms with Gasteiger partial charge in [0.25, 0.3) is 11.8 Å². The third-order valence-corrected chi connectivity index (χ3v) is 10.5. The van der Waals surface area contributed by atoms with E-state index in [2.05, 4.69) is 25.6 Å². The summed E-state index contributed by atoms with van der Waals surface area (Å²) in [5.41, 5.74) is 2.49. The zero-order chi connectivity index (χ0) is 35.5. The van der Waals surface area contributed by atoms with E-state index < -0.39 is 36.1 Å². The number of aliphatic hydroxyl groups excluding tert-OH is 2. The average molecular weight is 728 g/mol. The van der Waals surface area contributed by atoms with Crippen LogP contribution in [0, 0.1) is 0 Å².